The van der Waals surface area contributed by atoms with Crippen LogP contribution in [0.3, 0.4) is 0 Å². The van der Waals surface area contributed by atoms with Crippen molar-refractivity contribution in [1.29, 1.82) is 0 Å². The van der Waals surface area contributed by atoms with Crippen molar-refractivity contribution >= 4 is 12.1 Å². The lowest BCUT2D eigenvalue weighted by atomic mass is 9.87. The largest absolute Gasteiger partial charge is 0.329 e. The fourth-order valence-electron chi connectivity index (χ4n) is 4.33. The molecule has 0 atom stereocenters. The molecule has 3 rings (SSSR count). The van der Waals surface area contributed by atoms with Gasteiger partial charge in [-0.05, 0) is 77.3 Å². The Labute approximate surface area is 181 Å². The smallest absolute Gasteiger partial charge is 0.318 e. The van der Waals surface area contributed by atoms with Gasteiger partial charge in [0.1, 0.15) is 0 Å². The molecule has 2 aliphatic heterocycles. The molecule has 0 aromatic heterocycles. The van der Waals surface area contributed by atoms with Gasteiger partial charge in [-0.25, -0.2) is 9.59 Å². The van der Waals surface area contributed by atoms with E-state index < -0.39 is 11.1 Å². The van der Waals surface area contributed by atoms with Crippen molar-refractivity contribution in [3.63, 3.8) is 0 Å². The monoisotopic (exact) mass is 414 g/mol. The molecule has 0 saturated carbocycles. The molecule has 6 heteroatoms. The molecule has 1 aromatic rings. The molecule has 1 aromatic carbocycles. The van der Waals surface area contributed by atoms with Gasteiger partial charge in [-0.3, -0.25) is 0 Å². The molecule has 2 aliphatic rings. The first-order valence-corrected chi connectivity index (χ1v) is 11.4. The molecule has 0 aliphatic carbocycles. The first-order chi connectivity index (χ1) is 14.2. The number of nitrogens with one attached hydrogen (secondary N) is 2. The number of piperidine rings is 2. The van der Waals surface area contributed by atoms with E-state index in [-0.39, 0.29) is 12.1 Å². The van der Waals surface area contributed by atoms with Gasteiger partial charge >= 0.3 is 12.1 Å². The summed E-state index contributed by atoms with van der Waals surface area (Å²) in [7, 11) is 0. The minimum atomic E-state index is -0.502. The molecule has 0 bridgehead atoms. The standard InChI is InChI=1S/C24H38N4O2/c1-23(2,25-21(29)27-14-7-5-8-15-27)19-12-11-13-20(18-19)24(3,4)26-22(30)28-16-9-6-10-17-28/h11-13,18H,5-10,14-17H2,1-4H3,(H,25,29)(H,26,30). The second-order valence-corrected chi connectivity index (χ2v) is 9.79. The molecule has 2 heterocycles. The minimum absolute atomic E-state index is 0.00256. The summed E-state index contributed by atoms with van der Waals surface area (Å²) in [5.41, 5.74) is 1.06. The summed E-state index contributed by atoms with van der Waals surface area (Å²) in [4.78, 5) is 29.3. The van der Waals surface area contributed by atoms with Crippen LogP contribution < -0.4 is 10.6 Å². The van der Waals surface area contributed by atoms with Crippen molar-refractivity contribution in [3.8, 4) is 0 Å². The third-order valence-corrected chi connectivity index (χ3v) is 6.43. The van der Waals surface area contributed by atoms with Crippen LogP contribution in [0.1, 0.15) is 77.3 Å². The molecule has 0 spiro atoms. The maximum Gasteiger partial charge on any atom is 0.318 e. The number of hydrogen-bond acceptors (Lipinski definition) is 2. The Balaban J connectivity index is 1.70. The predicted octanol–water partition coefficient (Wildman–Crippen LogP) is 4.55. The van der Waals surface area contributed by atoms with Crippen LogP contribution in [0.5, 0.6) is 0 Å². The molecular weight excluding hydrogens is 376 g/mol. The number of likely N-dealkylation sites (tertiary alicyclic amines) is 2. The highest BCUT2D eigenvalue weighted by molar-refractivity contribution is 5.76. The van der Waals surface area contributed by atoms with Gasteiger partial charge in [0.05, 0.1) is 11.1 Å². The number of amides is 4. The van der Waals surface area contributed by atoms with E-state index >= 15 is 0 Å². The van der Waals surface area contributed by atoms with Crippen LogP contribution in [-0.2, 0) is 11.1 Å². The molecular formula is C24H38N4O2. The van der Waals surface area contributed by atoms with Gasteiger partial charge in [-0.15, -0.1) is 0 Å². The minimum Gasteiger partial charge on any atom is -0.329 e. The molecule has 0 radical (unpaired) electrons. The first-order valence-electron chi connectivity index (χ1n) is 11.4. The number of carbonyl (C=O) groups excluding carboxylic acids is 2. The normalized spacial score (nSPS) is 18.1. The van der Waals surface area contributed by atoms with E-state index in [4.69, 9.17) is 0 Å². The molecule has 2 fully saturated rings. The molecule has 4 amide bonds. The van der Waals surface area contributed by atoms with Crippen LogP contribution in [-0.4, -0.2) is 48.0 Å². The lowest BCUT2D eigenvalue weighted by Crippen LogP contribution is -2.50. The third kappa shape index (κ3) is 5.46. The number of hydrogen-bond donors (Lipinski definition) is 2. The second kappa shape index (κ2) is 9.27. The number of rotatable bonds is 4. The fraction of sp³-hybridized carbons (Fsp3) is 0.667. The highest BCUT2D eigenvalue weighted by atomic mass is 16.2. The summed E-state index contributed by atoms with van der Waals surface area (Å²) in [5.74, 6) is 0. The number of nitrogens with zero attached hydrogens (tertiary/aromatic N) is 2. The highest BCUT2D eigenvalue weighted by Crippen LogP contribution is 2.27. The van der Waals surface area contributed by atoms with Crippen LogP contribution in [0.25, 0.3) is 0 Å². The highest BCUT2D eigenvalue weighted by Gasteiger charge is 2.30. The van der Waals surface area contributed by atoms with Crippen molar-refractivity contribution in [3.05, 3.63) is 35.4 Å². The summed E-state index contributed by atoms with van der Waals surface area (Å²) < 4.78 is 0. The van der Waals surface area contributed by atoms with Crippen LogP contribution >= 0.6 is 0 Å². The third-order valence-electron chi connectivity index (χ3n) is 6.43. The van der Waals surface area contributed by atoms with Gasteiger partial charge < -0.3 is 20.4 Å². The van der Waals surface area contributed by atoms with E-state index in [2.05, 4.69) is 16.7 Å². The maximum absolute atomic E-state index is 12.7. The SMILES string of the molecule is CC(C)(NC(=O)N1CCCCC1)c1cccc(C(C)(C)NC(=O)N2CCCCC2)c1. The first kappa shape index (κ1) is 22.4. The Morgan fingerprint density at radius 3 is 1.43 bits per heavy atom. The van der Waals surface area contributed by atoms with Crippen molar-refractivity contribution < 1.29 is 9.59 Å². The van der Waals surface area contributed by atoms with Gasteiger partial charge in [0.2, 0.25) is 0 Å². The van der Waals surface area contributed by atoms with E-state index in [1.165, 1.54) is 12.8 Å². The Morgan fingerprint density at radius 1 is 0.700 bits per heavy atom. The quantitative estimate of drug-likeness (QED) is 0.759. The van der Waals surface area contributed by atoms with E-state index in [1.807, 2.05) is 55.7 Å². The number of carbonyl (C=O) groups is 2. The Kier molecular flexibility index (Phi) is 6.94. The summed E-state index contributed by atoms with van der Waals surface area (Å²) in [6.45, 7) is 11.5. The molecule has 30 heavy (non-hydrogen) atoms. The maximum atomic E-state index is 12.7. The molecule has 0 unspecified atom stereocenters. The summed E-state index contributed by atoms with van der Waals surface area (Å²) in [5, 5.41) is 6.41. The van der Waals surface area contributed by atoms with Crippen molar-refractivity contribution in [2.45, 2.75) is 77.3 Å². The Morgan fingerprint density at radius 2 is 1.07 bits per heavy atom. The molecule has 2 N–H and O–H groups in total. The van der Waals surface area contributed by atoms with E-state index in [1.54, 1.807) is 0 Å². The van der Waals surface area contributed by atoms with Crippen LogP contribution in [0.4, 0.5) is 9.59 Å². The van der Waals surface area contributed by atoms with Gasteiger partial charge in [0, 0.05) is 26.2 Å². The topological polar surface area (TPSA) is 64.7 Å². The average molecular weight is 415 g/mol. The lowest BCUT2D eigenvalue weighted by molar-refractivity contribution is 0.176. The summed E-state index contributed by atoms with van der Waals surface area (Å²) in [6, 6.07) is 8.21. The zero-order valence-electron chi connectivity index (χ0n) is 19.1. The van der Waals surface area contributed by atoms with Crippen LogP contribution in [0.2, 0.25) is 0 Å². The molecule has 6 nitrogen and oxygen atoms in total. The zero-order chi connectivity index (χ0) is 21.8. The van der Waals surface area contributed by atoms with Crippen molar-refractivity contribution in [2.75, 3.05) is 26.2 Å². The fourth-order valence-corrected chi connectivity index (χ4v) is 4.33. The zero-order valence-corrected chi connectivity index (χ0v) is 19.1. The number of urea groups is 2. The van der Waals surface area contributed by atoms with E-state index in [9.17, 15) is 9.59 Å². The van der Waals surface area contributed by atoms with Crippen LogP contribution in [0.15, 0.2) is 24.3 Å². The van der Waals surface area contributed by atoms with Gasteiger partial charge in [0.15, 0.2) is 0 Å². The second-order valence-electron chi connectivity index (χ2n) is 9.79. The Bertz CT molecular complexity index is 688. The van der Waals surface area contributed by atoms with E-state index in [0.717, 1.165) is 63.0 Å². The Hall–Kier alpha value is -2.24. The van der Waals surface area contributed by atoms with Gasteiger partial charge in [0.25, 0.3) is 0 Å². The van der Waals surface area contributed by atoms with Crippen LogP contribution in [0, 0.1) is 0 Å². The number of benzene rings is 1. The molecule has 166 valence electrons. The average Bonchev–Trinajstić information content (AvgIpc) is 2.74. The molecule has 2 saturated heterocycles. The van der Waals surface area contributed by atoms with Gasteiger partial charge in [-0.1, -0.05) is 24.3 Å². The summed E-state index contributed by atoms with van der Waals surface area (Å²) >= 11 is 0. The van der Waals surface area contributed by atoms with E-state index in [0.29, 0.717) is 0 Å². The lowest BCUT2D eigenvalue weighted by Gasteiger charge is -2.35. The predicted molar refractivity (Wildman–Crippen MR) is 120 cm³/mol. The van der Waals surface area contributed by atoms with Crippen molar-refractivity contribution in [1.82, 2.24) is 20.4 Å². The van der Waals surface area contributed by atoms with Crippen molar-refractivity contribution in [2.24, 2.45) is 0 Å². The van der Waals surface area contributed by atoms with Gasteiger partial charge in [-0.2, -0.15) is 0 Å². The summed E-state index contributed by atoms with van der Waals surface area (Å²) in [6.07, 6.45) is 6.71.